The quantitative estimate of drug-likeness (QED) is 0.500. The van der Waals surface area contributed by atoms with Gasteiger partial charge in [-0.2, -0.15) is 0 Å². The Hall–Kier alpha value is -3.76. The van der Waals surface area contributed by atoms with Crippen molar-refractivity contribution < 1.29 is 34.2 Å². The fourth-order valence-corrected chi connectivity index (χ4v) is 6.30. The molecule has 1 heterocycles. The van der Waals surface area contributed by atoms with E-state index < -0.39 is 58.3 Å². The van der Waals surface area contributed by atoms with E-state index in [1.807, 2.05) is 19.0 Å². The summed E-state index contributed by atoms with van der Waals surface area (Å²) in [6.07, 6.45) is 1.49. The predicted octanol–water partition coefficient (Wildman–Crippen LogP) is 0.450. The molecule has 3 aliphatic carbocycles. The van der Waals surface area contributed by atoms with Crippen LogP contribution in [0, 0.1) is 23.7 Å². The minimum absolute atomic E-state index is 0.0255. The highest BCUT2D eigenvalue weighted by Gasteiger charge is 2.66. The molecule has 1 aromatic carbocycles. The lowest BCUT2D eigenvalue weighted by molar-refractivity contribution is -0.175. The largest absolute Gasteiger partial charge is 0.507 e. The molecule has 2 fully saturated rings. The van der Waals surface area contributed by atoms with Gasteiger partial charge < -0.3 is 20.8 Å². The Balaban J connectivity index is 1.66. The maximum absolute atomic E-state index is 13.9. The molecule has 5 atom stereocenters. The van der Waals surface area contributed by atoms with Crippen LogP contribution in [-0.2, 0) is 32.1 Å². The first-order valence-corrected chi connectivity index (χ1v) is 12.1. The van der Waals surface area contributed by atoms with E-state index in [0.717, 1.165) is 0 Å². The molecule has 5 rings (SSSR count). The minimum Gasteiger partial charge on any atom is -0.507 e. The zero-order valence-corrected chi connectivity index (χ0v) is 20.4. The third-order valence-electron chi connectivity index (χ3n) is 7.91. The number of carbonyl (C=O) groups is 5. The number of primary amides is 1. The van der Waals surface area contributed by atoms with Gasteiger partial charge in [0, 0.05) is 36.2 Å². The normalized spacial score (nSPS) is 29.1. The molecular weight excluding hydrogens is 478 g/mol. The van der Waals surface area contributed by atoms with Crippen molar-refractivity contribution in [1.82, 2.24) is 9.88 Å². The summed E-state index contributed by atoms with van der Waals surface area (Å²) in [5.41, 5.74) is 4.78. The Morgan fingerprint density at radius 3 is 2.51 bits per heavy atom. The van der Waals surface area contributed by atoms with E-state index in [4.69, 9.17) is 5.73 Å². The highest BCUT2D eigenvalue weighted by molar-refractivity contribution is 6.31. The van der Waals surface area contributed by atoms with Crippen LogP contribution in [-0.4, -0.2) is 68.8 Å². The van der Waals surface area contributed by atoms with Gasteiger partial charge in [0.1, 0.15) is 5.75 Å². The van der Waals surface area contributed by atoms with Crippen molar-refractivity contribution in [1.29, 1.82) is 0 Å². The van der Waals surface area contributed by atoms with E-state index in [1.165, 1.54) is 0 Å². The molecular formula is C27H27N3O7. The molecule has 1 aromatic heterocycles. The van der Waals surface area contributed by atoms with Crippen molar-refractivity contribution >= 4 is 29.0 Å². The smallest absolute Gasteiger partial charge is 0.235 e. The molecule has 37 heavy (non-hydrogen) atoms. The molecule has 0 saturated heterocycles. The molecule has 0 spiro atoms. The maximum Gasteiger partial charge on any atom is 0.235 e. The summed E-state index contributed by atoms with van der Waals surface area (Å²) in [6, 6.07) is 7.14. The number of ketones is 4. The molecule has 2 unspecified atom stereocenters. The van der Waals surface area contributed by atoms with Gasteiger partial charge in [-0.05, 0) is 56.6 Å². The van der Waals surface area contributed by atoms with Gasteiger partial charge in [-0.25, -0.2) is 0 Å². The van der Waals surface area contributed by atoms with E-state index >= 15 is 0 Å². The Bertz CT molecular complexity index is 1370. The second kappa shape index (κ2) is 8.67. The number of phenolic OH excluding ortho intramolecular Hbond substituents is 1. The van der Waals surface area contributed by atoms with Gasteiger partial charge in [0.05, 0.1) is 17.2 Å². The number of pyridine rings is 1. The number of rotatable bonds is 4. The molecule has 0 radical (unpaired) electrons. The van der Waals surface area contributed by atoms with E-state index in [2.05, 4.69) is 4.98 Å². The second-order valence-corrected chi connectivity index (χ2v) is 10.5. The van der Waals surface area contributed by atoms with Gasteiger partial charge in [0.2, 0.25) is 5.91 Å². The summed E-state index contributed by atoms with van der Waals surface area (Å²) in [6.45, 7) is 0.307. The molecule has 192 valence electrons. The van der Waals surface area contributed by atoms with Crippen LogP contribution in [0.5, 0.6) is 5.75 Å². The molecule has 2 aromatic rings. The first-order valence-electron chi connectivity index (χ1n) is 12.1. The summed E-state index contributed by atoms with van der Waals surface area (Å²) in [7, 11) is 3.62. The van der Waals surface area contributed by atoms with E-state index in [0.29, 0.717) is 28.9 Å². The fraction of sp³-hybridized carbons (Fsp3) is 0.407. The molecule has 10 heteroatoms. The molecule has 10 nitrogen and oxygen atoms in total. The zero-order chi connectivity index (χ0) is 26.8. The van der Waals surface area contributed by atoms with Gasteiger partial charge in [-0.15, -0.1) is 0 Å². The predicted molar refractivity (Wildman–Crippen MR) is 129 cm³/mol. The van der Waals surface area contributed by atoms with Crippen molar-refractivity contribution in [2.24, 2.45) is 29.4 Å². The average Bonchev–Trinajstić information content (AvgIpc) is 2.83. The van der Waals surface area contributed by atoms with Crippen LogP contribution >= 0.6 is 0 Å². The van der Waals surface area contributed by atoms with Gasteiger partial charge in [0.15, 0.2) is 34.7 Å². The summed E-state index contributed by atoms with van der Waals surface area (Å²) in [5.74, 6) is -10.2. The van der Waals surface area contributed by atoms with E-state index in [9.17, 15) is 34.2 Å². The number of amides is 1. The van der Waals surface area contributed by atoms with Crippen LogP contribution in [0.4, 0.5) is 0 Å². The van der Waals surface area contributed by atoms with Gasteiger partial charge >= 0.3 is 0 Å². The number of hydrogen-bond acceptors (Lipinski definition) is 9. The Morgan fingerprint density at radius 2 is 1.89 bits per heavy atom. The van der Waals surface area contributed by atoms with Gasteiger partial charge in [0.25, 0.3) is 0 Å². The number of phenols is 1. The lowest BCUT2D eigenvalue weighted by atomic mass is 9.53. The molecule has 0 bridgehead atoms. The number of benzene rings is 1. The van der Waals surface area contributed by atoms with Crippen LogP contribution in [0.15, 0.2) is 30.5 Å². The minimum atomic E-state index is -2.66. The summed E-state index contributed by atoms with van der Waals surface area (Å²) in [5, 5.41) is 22.5. The van der Waals surface area contributed by atoms with Crippen LogP contribution in [0.25, 0.3) is 11.3 Å². The van der Waals surface area contributed by atoms with Crippen LogP contribution in [0.3, 0.4) is 0 Å². The Kier molecular flexibility index (Phi) is 5.84. The number of Topliss-reactive ketones (excluding diaryl/α,β-unsaturated/α-hetero) is 4. The number of aromatic hydroxyl groups is 1. The molecule has 4 N–H and O–H groups in total. The van der Waals surface area contributed by atoms with Gasteiger partial charge in [-0.1, -0.05) is 6.07 Å². The Morgan fingerprint density at radius 1 is 1.16 bits per heavy atom. The third kappa shape index (κ3) is 3.62. The lowest BCUT2D eigenvalue weighted by Crippen LogP contribution is -2.68. The summed E-state index contributed by atoms with van der Waals surface area (Å²) < 4.78 is 0. The van der Waals surface area contributed by atoms with Crippen molar-refractivity contribution in [3.05, 3.63) is 47.2 Å². The number of fused-ring (bicyclic) bond motifs is 3. The second-order valence-electron chi connectivity index (χ2n) is 10.5. The van der Waals surface area contributed by atoms with Crippen LogP contribution in [0.2, 0.25) is 0 Å². The standard InChI is InChI=1S/C27H27N3O7/c1-30(2)11-13-9-15(17-5-3-4-6-29-17)16-8-12-7-14-10-18(31)21(26(28)36)25(35)27(14,37)24(34)19(12)23(33)20(16)22(13)32/h3-6,9,12,14,19,21,32,37H,7-8,10-11H2,1-2H3,(H2,28,36)/t12-,14+,19?,21?,27+/m1/s1. The third-order valence-corrected chi connectivity index (χ3v) is 7.91. The van der Waals surface area contributed by atoms with E-state index in [1.54, 1.807) is 30.5 Å². The van der Waals surface area contributed by atoms with E-state index in [-0.39, 0.29) is 30.6 Å². The zero-order valence-electron chi connectivity index (χ0n) is 20.4. The maximum atomic E-state index is 13.9. The number of aromatic nitrogens is 1. The number of aliphatic hydroxyl groups is 1. The van der Waals surface area contributed by atoms with Crippen LogP contribution < -0.4 is 5.73 Å². The SMILES string of the molecule is CN(C)Cc1cc(-c2ccccn2)c2c(c1O)C(=O)C1C(=O)[C@]3(O)C(=O)C(C(N)=O)C(=O)C[C@@H]3C[C@@H]1C2. The first-order chi connectivity index (χ1) is 17.5. The lowest BCUT2D eigenvalue weighted by Gasteiger charge is -2.48. The summed E-state index contributed by atoms with van der Waals surface area (Å²) in [4.78, 5) is 71.3. The van der Waals surface area contributed by atoms with Crippen molar-refractivity contribution in [3.8, 4) is 17.0 Å². The topological polar surface area (TPSA) is 168 Å². The molecule has 1 amide bonds. The monoisotopic (exact) mass is 505 g/mol. The number of carbonyl (C=O) groups excluding carboxylic acids is 5. The highest BCUT2D eigenvalue weighted by Crippen LogP contribution is 2.51. The average molecular weight is 506 g/mol. The molecule has 0 aliphatic heterocycles. The van der Waals surface area contributed by atoms with Crippen molar-refractivity contribution in [2.75, 3.05) is 14.1 Å². The Labute approximate surface area is 212 Å². The van der Waals surface area contributed by atoms with Crippen molar-refractivity contribution in [2.45, 2.75) is 31.4 Å². The number of hydrogen-bond donors (Lipinski definition) is 3. The molecule has 2 saturated carbocycles. The number of nitrogens with zero attached hydrogens (tertiary/aromatic N) is 2. The molecule has 3 aliphatic rings. The fourth-order valence-electron chi connectivity index (χ4n) is 6.30. The highest BCUT2D eigenvalue weighted by atomic mass is 16.3. The van der Waals surface area contributed by atoms with Crippen molar-refractivity contribution in [3.63, 3.8) is 0 Å². The number of nitrogens with two attached hydrogens (primary N) is 1. The first kappa shape index (κ1) is 24.9. The summed E-state index contributed by atoms with van der Waals surface area (Å²) >= 11 is 0. The van der Waals surface area contributed by atoms with Gasteiger partial charge in [-0.3, -0.25) is 29.0 Å². The van der Waals surface area contributed by atoms with Crippen LogP contribution in [0.1, 0.15) is 34.3 Å².